The van der Waals surface area contributed by atoms with Crippen LogP contribution in [0.1, 0.15) is 74.2 Å². The zero-order valence-corrected chi connectivity index (χ0v) is 11.9. The molecule has 3 heteroatoms. The van der Waals surface area contributed by atoms with Crippen molar-refractivity contribution in [3.8, 4) is 0 Å². The highest BCUT2D eigenvalue weighted by molar-refractivity contribution is 7.11. The zero-order valence-electron chi connectivity index (χ0n) is 11.0. The highest BCUT2D eigenvalue weighted by Crippen LogP contribution is 2.35. The van der Waals surface area contributed by atoms with Gasteiger partial charge in [0.15, 0.2) is 0 Å². The van der Waals surface area contributed by atoms with Gasteiger partial charge in [0.25, 0.3) is 0 Å². The van der Waals surface area contributed by atoms with E-state index in [1.165, 1.54) is 48.4 Å². The lowest BCUT2D eigenvalue weighted by atomic mass is 9.90. The molecule has 1 atom stereocenters. The molecule has 2 nitrogen and oxygen atoms in total. The Hall–Kier alpha value is -0.410. The maximum Gasteiger partial charge on any atom is 0.0959 e. The molecule has 1 aliphatic rings. The van der Waals surface area contributed by atoms with E-state index in [0.29, 0.717) is 6.04 Å². The van der Waals surface area contributed by atoms with E-state index >= 15 is 0 Å². The first-order valence-corrected chi connectivity index (χ1v) is 7.82. The van der Waals surface area contributed by atoms with Gasteiger partial charge in [-0.2, -0.15) is 0 Å². The standard InChI is InChI=1S/C14H24N2S/c1-3-9-15-11(2)13-10-16-14(17-13)12-7-5-4-6-8-12/h10-12,15H,3-9H2,1-2H3. The molecule has 0 amide bonds. The van der Waals surface area contributed by atoms with Gasteiger partial charge >= 0.3 is 0 Å². The van der Waals surface area contributed by atoms with E-state index < -0.39 is 0 Å². The third kappa shape index (κ3) is 3.52. The van der Waals surface area contributed by atoms with Crippen LogP contribution in [0, 0.1) is 0 Å². The van der Waals surface area contributed by atoms with Gasteiger partial charge in [0.05, 0.1) is 5.01 Å². The summed E-state index contributed by atoms with van der Waals surface area (Å²) in [6, 6.07) is 0.463. The Morgan fingerprint density at radius 1 is 1.41 bits per heavy atom. The van der Waals surface area contributed by atoms with Crippen molar-refractivity contribution in [2.24, 2.45) is 0 Å². The van der Waals surface area contributed by atoms with Crippen LogP contribution in [-0.2, 0) is 0 Å². The van der Waals surface area contributed by atoms with Crippen LogP contribution >= 0.6 is 11.3 Å². The van der Waals surface area contributed by atoms with E-state index in [1.54, 1.807) is 0 Å². The van der Waals surface area contributed by atoms with Crippen molar-refractivity contribution >= 4 is 11.3 Å². The lowest BCUT2D eigenvalue weighted by molar-refractivity contribution is 0.442. The molecule has 96 valence electrons. The molecule has 1 saturated carbocycles. The Morgan fingerprint density at radius 2 is 2.18 bits per heavy atom. The molecular formula is C14H24N2S. The summed E-state index contributed by atoms with van der Waals surface area (Å²) in [5.41, 5.74) is 0. The fourth-order valence-electron chi connectivity index (χ4n) is 2.50. The molecule has 0 aliphatic heterocycles. The molecule has 1 aliphatic carbocycles. The van der Waals surface area contributed by atoms with Crippen molar-refractivity contribution < 1.29 is 0 Å². The van der Waals surface area contributed by atoms with Crippen LogP contribution in [0.15, 0.2) is 6.20 Å². The number of hydrogen-bond acceptors (Lipinski definition) is 3. The number of aromatic nitrogens is 1. The van der Waals surface area contributed by atoms with E-state index in [0.717, 1.165) is 12.5 Å². The highest BCUT2D eigenvalue weighted by Gasteiger charge is 2.19. The van der Waals surface area contributed by atoms with Crippen molar-refractivity contribution in [2.45, 2.75) is 64.3 Å². The van der Waals surface area contributed by atoms with Crippen LogP contribution in [0.3, 0.4) is 0 Å². The SMILES string of the molecule is CCCNC(C)c1cnc(C2CCCCC2)s1. The summed E-state index contributed by atoms with van der Waals surface area (Å²) < 4.78 is 0. The number of nitrogens with one attached hydrogen (secondary N) is 1. The van der Waals surface area contributed by atoms with Gasteiger partial charge < -0.3 is 5.32 Å². The zero-order chi connectivity index (χ0) is 12.1. The molecule has 1 unspecified atom stereocenters. The normalized spacial score (nSPS) is 19.4. The van der Waals surface area contributed by atoms with Crippen molar-refractivity contribution in [3.05, 3.63) is 16.1 Å². The molecule has 0 radical (unpaired) electrons. The number of rotatable bonds is 5. The number of thiazole rings is 1. The summed E-state index contributed by atoms with van der Waals surface area (Å²) in [4.78, 5) is 6.05. The predicted molar refractivity (Wildman–Crippen MR) is 74.6 cm³/mol. The Morgan fingerprint density at radius 3 is 2.88 bits per heavy atom. The van der Waals surface area contributed by atoms with Crippen molar-refractivity contribution in [1.29, 1.82) is 0 Å². The van der Waals surface area contributed by atoms with Crippen LogP contribution in [0.25, 0.3) is 0 Å². The average Bonchev–Trinajstić information content (AvgIpc) is 2.86. The first-order valence-electron chi connectivity index (χ1n) is 7.00. The van der Waals surface area contributed by atoms with Crippen molar-refractivity contribution in [2.75, 3.05) is 6.54 Å². The highest BCUT2D eigenvalue weighted by atomic mass is 32.1. The third-order valence-corrected chi connectivity index (χ3v) is 4.97. The van der Waals surface area contributed by atoms with E-state index in [1.807, 2.05) is 11.3 Å². The lowest BCUT2D eigenvalue weighted by Crippen LogP contribution is -2.18. The molecule has 1 aromatic heterocycles. The van der Waals surface area contributed by atoms with Crippen LogP contribution in [-0.4, -0.2) is 11.5 Å². The van der Waals surface area contributed by atoms with Crippen LogP contribution in [0.4, 0.5) is 0 Å². The van der Waals surface area contributed by atoms with E-state index in [2.05, 4.69) is 30.3 Å². The maximum atomic E-state index is 4.65. The quantitative estimate of drug-likeness (QED) is 0.847. The summed E-state index contributed by atoms with van der Waals surface area (Å²) >= 11 is 1.92. The second-order valence-electron chi connectivity index (χ2n) is 5.11. The van der Waals surface area contributed by atoms with Gasteiger partial charge in [0.1, 0.15) is 0 Å². The Balaban J connectivity index is 1.94. The van der Waals surface area contributed by atoms with E-state index in [9.17, 15) is 0 Å². The van der Waals surface area contributed by atoms with Crippen molar-refractivity contribution in [1.82, 2.24) is 10.3 Å². The van der Waals surface area contributed by atoms with E-state index in [-0.39, 0.29) is 0 Å². The Kier molecular flexibility index (Phi) is 4.99. The Labute approximate surface area is 109 Å². The summed E-state index contributed by atoms with van der Waals surface area (Å²) in [6.07, 6.45) is 10.2. The minimum atomic E-state index is 0.463. The Bertz CT molecular complexity index is 329. The fraction of sp³-hybridized carbons (Fsp3) is 0.786. The van der Waals surface area contributed by atoms with Gasteiger partial charge in [-0.15, -0.1) is 11.3 Å². The molecule has 0 aromatic carbocycles. The second kappa shape index (κ2) is 6.50. The fourth-order valence-corrected chi connectivity index (χ4v) is 3.62. The summed E-state index contributed by atoms with van der Waals surface area (Å²) in [5, 5.41) is 4.91. The first kappa shape index (κ1) is 13.0. The van der Waals surface area contributed by atoms with Gasteiger partial charge in [-0.05, 0) is 32.7 Å². The molecule has 2 rings (SSSR count). The third-order valence-electron chi connectivity index (χ3n) is 3.62. The lowest BCUT2D eigenvalue weighted by Gasteiger charge is -2.19. The minimum absolute atomic E-state index is 0.463. The van der Waals surface area contributed by atoms with Crippen molar-refractivity contribution in [3.63, 3.8) is 0 Å². The van der Waals surface area contributed by atoms with Crippen LogP contribution in [0.5, 0.6) is 0 Å². The van der Waals surface area contributed by atoms with Crippen LogP contribution < -0.4 is 5.32 Å². The van der Waals surface area contributed by atoms with Gasteiger partial charge in [-0.25, -0.2) is 4.98 Å². The molecule has 1 heterocycles. The second-order valence-corrected chi connectivity index (χ2v) is 6.21. The van der Waals surface area contributed by atoms with Gasteiger partial charge in [-0.3, -0.25) is 0 Å². The predicted octanol–water partition coefficient (Wildman–Crippen LogP) is 4.25. The van der Waals surface area contributed by atoms with Crippen LogP contribution in [0.2, 0.25) is 0 Å². The molecule has 17 heavy (non-hydrogen) atoms. The molecule has 1 aromatic rings. The maximum absolute atomic E-state index is 4.65. The summed E-state index contributed by atoms with van der Waals surface area (Å²) in [5.74, 6) is 0.751. The smallest absolute Gasteiger partial charge is 0.0959 e. The van der Waals surface area contributed by atoms with Gasteiger partial charge in [-0.1, -0.05) is 26.2 Å². The summed E-state index contributed by atoms with van der Waals surface area (Å²) in [6.45, 7) is 5.55. The number of hydrogen-bond donors (Lipinski definition) is 1. The molecular weight excluding hydrogens is 228 g/mol. The first-order chi connectivity index (χ1) is 8.31. The number of nitrogens with zero attached hydrogens (tertiary/aromatic N) is 1. The van der Waals surface area contributed by atoms with E-state index in [4.69, 9.17) is 0 Å². The summed E-state index contributed by atoms with van der Waals surface area (Å²) in [7, 11) is 0. The topological polar surface area (TPSA) is 24.9 Å². The molecule has 0 spiro atoms. The largest absolute Gasteiger partial charge is 0.309 e. The molecule has 0 bridgehead atoms. The van der Waals surface area contributed by atoms with Gasteiger partial charge in [0, 0.05) is 23.0 Å². The minimum Gasteiger partial charge on any atom is -0.309 e. The van der Waals surface area contributed by atoms with Gasteiger partial charge in [0.2, 0.25) is 0 Å². The molecule has 1 fully saturated rings. The average molecular weight is 252 g/mol. The molecule has 1 N–H and O–H groups in total. The monoisotopic (exact) mass is 252 g/mol. The molecule has 0 saturated heterocycles.